The average molecular weight is 427 g/mol. The largest absolute Gasteiger partial charge is 0.369 e. The van der Waals surface area contributed by atoms with Gasteiger partial charge in [-0.1, -0.05) is 34.1 Å². The predicted molar refractivity (Wildman–Crippen MR) is 115 cm³/mol. The molecule has 0 saturated carbocycles. The van der Waals surface area contributed by atoms with E-state index in [1.807, 2.05) is 18.2 Å². The fraction of sp³-hybridized carbons (Fsp3) is 0.409. The predicted octanol–water partition coefficient (Wildman–Crippen LogP) is 3.45. The highest BCUT2D eigenvalue weighted by molar-refractivity contribution is 9.10. The highest BCUT2D eigenvalue weighted by Gasteiger charge is 2.16. The molecule has 0 radical (unpaired) electrons. The zero-order chi connectivity index (χ0) is 19.1. The number of piperazine rings is 1. The van der Waals surface area contributed by atoms with Crippen molar-refractivity contribution in [3.63, 3.8) is 0 Å². The van der Waals surface area contributed by atoms with E-state index < -0.39 is 0 Å². The maximum absolute atomic E-state index is 9.24. The summed E-state index contributed by atoms with van der Waals surface area (Å²) in [6.07, 6.45) is 1.88. The van der Waals surface area contributed by atoms with Gasteiger partial charge in [-0.15, -0.1) is 0 Å². The van der Waals surface area contributed by atoms with E-state index >= 15 is 0 Å². The minimum Gasteiger partial charge on any atom is -0.369 e. The van der Waals surface area contributed by atoms with Crippen LogP contribution in [0.25, 0.3) is 0 Å². The molecule has 0 bridgehead atoms. The van der Waals surface area contributed by atoms with Crippen LogP contribution < -0.4 is 10.2 Å². The van der Waals surface area contributed by atoms with Gasteiger partial charge in [0, 0.05) is 36.3 Å². The first-order chi connectivity index (χ1) is 13.2. The molecule has 1 N–H and O–H groups in total. The Morgan fingerprint density at radius 1 is 1.00 bits per heavy atom. The van der Waals surface area contributed by atoms with Gasteiger partial charge in [0.15, 0.2) is 0 Å². The lowest BCUT2D eigenvalue weighted by Gasteiger charge is -2.35. The van der Waals surface area contributed by atoms with Crippen LogP contribution in [-0.2, 0) is 12.8 Å². The van der Waals surface area contributed by atoms with Gasteiger partial charge in [0.25, 0.3) is 0 Å². The summed E-state index contributed by atoms with van der Waals surface area (Å²) in [4.78, 5) is 4.90. The van der Waals surface area contributed by atoms with E-state index in [9.17, 15) is 5.26 Å². The molecule has 0 amide bonds. The second-order valence-corrected chi connectivity index (χ2v) is 8.00. The standard InChI is InChI=1S/C22H27BrN4/c1-26-12-14-27(15-13-26)22-5-3-2-4-18(22)8-10-25-11-9-19-16-21(23)7-6-20(19)17-24/h2-7,16,25H,8-15H2,1H3. The summed E-state index contributed by atoms with van der Waals surface area (Å²) in [5, 5.41) is 12.8. The van der Waals surface area contributed by atoms with Crippen LogP contribution in [-0.4, -0.2) is 51.2 Å². The third-order valence-corrected chi connectivity index (χ3v) is 5.66. The summed E-state index contributed by atoms with van der Waals surface area (Å²) in [5.41, 5.74) is 4.65. The van der Waals surface area contributed by atoms with Crippen LogP contribution >= 0.6 is 15.9 Å². The summed E-state index contributed by atoms with van der Waals surface area (Å²) in [7, 11) is 2.19. The van der Waals surface area contributed by atoms with E-state index in [4.69, 9.17) is 0 Å². The molecule has 1 aliphatic heterocycles. The van der Waals surface area contributed by atoms with Crippen molar-refractivity contribution >= 4 is 21.6 Å². The number of hydrogen-bond donors (Lipinski definition) is 1. The van der Waals surface area contributed by atoms with Crippen LogP contribution in [0.1, 0.15) is 16.7 Å². The Labute approximate surface area is 170 Å². The van der Waals surface area contributed by atoms with E-state index in [1.165, 1.54) is 11.3 Å². The molecular formula is C22H27BrN4. The van der Waals surface area contributed by atoms with E-state index in [-0.39, 0.29) is 0 Å². The normalized spacial score (nSPS) is 14.9. The van der Waals surface area contributed by atoms with Crippen molar-refractivity contribution in [2.24, 2.45) is 0 Å². The van der Waals surface area contributed by atoms with Crippen LogP contribution in [0.5, 0.6) is 0 Å². The van der Waals surface area contributed by atoms with Crippen molar-refractivity contribution in [1.29, 1.82) is 5.26 Å². The first kappa shape index (κ1) is 19.9. The lowest BCUT2D eigenvalue weighted by Crippen LogP contribution is -2.44. The first-order valence-corrected chi connectivity index (χ1v) is 10.4. The van der Waals surface area contributed by atoms with Crippen LogP contribution in [0.2, 0.25) is 0 Å². The number of halogens is 1. The van der Waals surface area contributed by atoms with Gasteiger partial charge in [-0.05, 0) is 68.4 Å². The van der Waals surface area contributed by atoms with Crippen molar-refractivity contribution in [3.8, 4) is 6.07 Å². The van der Waals surface area contributed by atoms with Crippen LogP contribution in [0.4, 0.5) is 5.69 Å². The van der Waals surface area contributed by atoms with Gasteiger partial charge >= 0.3 is 0 Å². The molecule has 0 spiro atoms. The van der Waals surface area contributed by atoms with Gasteiger partial charge in [0.1, 0.15) is 0 Å². The number of rotatable bonds is 7. The molecule has 0 unspecified atom stereocenters. The van der Waals surface area contributed by atoms with Crippen molar-refractivity contribution in [2.45, 2.75) is 12.8 Å². The zero-order valence-corrected chi connectivity index (χ0v) is 17.5. The molecule has 2 aromatic carbocycles. The quantitative estimate of drug-likeness (QED) is 0.688. The van der Waals surface area contributed by atoms with Gasteiger partial charge < -0.3 is 15.1 Å². The number of nitrogens with one attached hydrogen (secondary N) is 1. The highest BCUT2D eigenvalue weighted by atomic mass is 79.9. The summed E-state index contributed by atoms with van der Waals surface area (Å²) in [6.45, 7) is 6.27. The molecule has 0 atom stereocenters. The molecule has 1 heterocycles. The number of para-hydroxylation sites is 1. The Kier molecular flexibility index (Phi) is 7.28. The smallest absolute Gasteiger partial charge is 0.0994 e. The summed E-state index contributed by atoms with van der Waals surface area (Å²) in [6, 6.07) is 16.9. The lowest BCUT2D eigenvalue weighted by atomic mass is 10.1. The Bertz CT molecular complexity index is 791. The third kappa shape index (κ3) is 5.55. The van der Waals surface area contributed by atoms with E-state index in [0.29, 0.717) is 0 Å². The van der Waals surface area contributed by atoms with Crippen molar-refractivity contribution in [2.75, 3.05) is 51.2 Å². The van der Waals surface area contributed by atoms with Crippen molar-refractivity contribution < 1.29 is 0 Å². The zero-order valence-electron chi connectivity index (χ0n) is 15.9. The molecule has 1 aliphatic rings. The number of nitrogens with zero attached hydrogens (tertiary/aromatic N) is 3. The molecular weight excluding hydrogens is 400 g/mol. The number of benzene rings is 2. The van der Waals surface area contributed by atoms with E-state index in [0.717, 1.165) is 67.7 Å². The average Bonchev–Trinajstić information content (AvgIpc) is 2.69. The molecule has 3 rings (SSSR count). The molecule has 0 aliphatic carbocycles. The number of anilines is 1. The maximum Gasteiger partial charge on any atom is 0.0994 e. The number of likely N-dealkylation sites (N-methyl/N-ethyl adjacent to an activating group) is 1. The Balaban J connectivity index is 1.50. The van der Waals surface area contributed by atoms with Crippen LogP contribution in [0.15, 0.2) is 46.9 Å². The third-order valence-electron chi connectivity index (χ3n) is 5.17. The van der Waals surface area contributed by atoms with E-state index in [1.54, 1.807) is 0 Å². The van der Waals surface area contributed by atoms with E-state index in [2.05, 4.69) is 68.4 Å². The molecule has 142 valence electrons. The van der Waals surface area contributed by atoms with Gasteiger partial charge in [0.2, 0.25) is 0 Å². The van der Waals surface area contributed by atoms with Gasteiger partial charge in [0.05, 0.1) is 11.6 Å². The fourth-order valence-corrected chi connectivity index (χ4v) is 3.94. The van der Waals surface area contributed by atoms with Gasteiger partial charge in [-0.2, -0.15) is 5.26 Å². The van der Waals surface area contributed by atoms with Crippen molar-refractivity contribution in [1.82, 2.24) is 10.2 Å². The maximum atomic E-state index is 9.24. The summed E-state index contributed by atoms with van der Waals surface area (Å²) < 4.78 is 1.03. The summed E-state index contributed by atoms with van der Waals surface area (Å²) >= 11 is 3.49. The monoisotopic (exact) mass is 426 g/mol. The Morgan fingerprint density at radius 3 is 2.44 bits per heavy atom. The molecule has 2 aromatic rings. The minimum absolute atomic E-state index is 0.764. The summed E-state index contributed by atoms with van der Waals surface area (Å²) in [5.74, 6) is 0. The molecule has 5 heteroatoms. The van der Waals surface area contributed by atoms with Crippen LogP contribution in [0.3, 0.4) is 0 Å². The second kappa shape index (κ2) is 9.89. The Morgan fingerprint density at radius 2 is 1.70 bits per heavy atom. The lowest BCUT2D eigenvalue weighted by molar-refractivity contribution is 0.312. The SMILES string of the molecule is CN1CCN(c2ccccc2CCNCCc2cc(Br)ccc2C#N)CC1. The fourth-order valence-electron chi connectivity index (χ4n) is 3.53. The topological polar surface area (TPSA) is 42.3 Å². The Hall–Kier alpha value is -1.87. The molecule has 27 heavy (non-hydrogen) atoms. The molecule has 1 fully saturated rings. The minimum atomic E-state index is 0.764. The number of nitriles is 1. The van der Waals surface area contributed by atoms with Gasteiger partial charge in [-0.25, -0.2) is 0 Å². The first-order valence-electron chi connectivity index (χ1n) is 9.58. The molecule has 4 nitrogen and oxygen atoms in total. The van der Waals surface area contributed by atoms with Crippen molar-refractivity contribution in [3.05, 3.63) is 63.6 Å². The second-order valence-electron chi connectivity index (χ2n) is 7.08. The molecule has 0 aromatic heterocycles. The van der Waals surface area contributed by atoms with Gasteiger partial charge in [-0.3, -0.25) is 0 Å². The van der Waals surface area contributed by atoms with Crippen LogP contribution in [0, 0.1) is 11.3 Å². The molecule has 1 saturated heterocycles. The number of hydrogen-bond acceptors (Lipinski definition) is 4. The highest BCUT2D eigenvalue weighted by Crippen LogP contribution is 2.22.